The largest absolute Gasteiger partial charge is 0.495 e. The monoisotopic (exact) mass is 658 g/mol. The summed E-state index contributed by atoms with van der Waals surface area (Å²) < 4.78 is 46.5. The maximum absolute atomic E-state index is 15.3. The number of ether oxygens (including phenoxy) is 2. The molecule has 3 fully saturated rings. The number of likely N-dealkylation sites (tertiary alicyclic amines) is 1. The predicted octanol–water partition coefficient (Wildman–Crippen LogP) is 5.47. The Labute approximate surface area is 270 Å². The Morgan fingerprint density at radius 2 is 1.83 bits per heavy atom. The first-order valence-corrected chi connectivity index (χ1v) is 17.1. The van der Waals surface area contributed by atoms with Gasteiger partial charge in [-0.05, 0) is 68.4 Å². The van der Waals surface area contributed by atoms with Crippen LogP contribution in [0.3, 0.4) is 0 Å². The fourth-order valence-electron chi connectivity index (χ4n) is 6.87. The Kier molecular flexibility index (Phi) is 10.3. The van der Waals surface area contributed by atoms with Crippen molar-refractivity contribution in [2.24, 2.45) is 5.92 Å². The van der Waals surface area contributed by atoms with Crippen LogP contribution in [0.2, 0.25) is 0 Å². The molecule has 1 aromatic heterocycles. The fraction of sp³-hybridized carbons (Fsp3) is 0.545. The number of anilines is 2. The molecule has 46 heavy (non-hydrogen) atoms. The summed E-state index contributed by atoms with van der Waals surface area (Å²) in [7, 11) is 1.45. The number of nitrogens with one attached hydrogen (secondary N) is 1. The molecule has 3 heterocycles. The van der Waals surface area contributed by atoms with Gasteiger partial charge in [0, 0.05) is 43.2 Å². The van der Waals surface area contributed by atoms with E-state index in [0.717, 1.165) is 44.0 Å². The first kappa shape index (κ1) is 32.5. The summed E-state index contributed by atoms with van der Waals surface area (Å²) in [5.74, 6) is 0.253. The van der Waals surface area contributed by atoms with Crippen molar-refractivity contribution < 1.29 is 37.4 Å². The first-order chi connectivity index (χ1) is 22.3. The molecule has 10 nitrogen and oxygen atoms in total. The number of carboxylic acids is 1. The Balaban J connectivity index is 1.16. The lowest BCUT2D eigenvalue weighted by Crippen LogP contribution is -2.50. The minimum absolute atomic E-state index is 0.0000168. The molecule has 248 valence electrons. The van der Waals surface area contributed by atoms with Crippen molar-refractivity contribution in [2.45, 2.75) is 63.1 Å². The zero-order chi connectivity index (χ0) is 32.2. The molecule has 2 atom stereocenters. The van der Waals surface area contributed by atoms with Crippen LogP contribution < -0.4 is 10.1 Å². The van der Waals surface area contributed by atoms with E-state index in [0.29, 0.717) is 43.6 Å². The summed E-state index contributed by atoms with van der Waals surface area (Å²) in [5, 5.41) is 12.2. The molecule has 0 unspecified atom stereocenters. The van der Waals surface area contributed by atoms with Gasteiger partial charge in [-0.3, -0.25) is 14.5 Å². The Hall–Kier alpha value is -3.42. The molecule has 13 heteroatoms. The third-order valence-electron chi connectivity index (χ3n) is 9.29. The third kappa shape index (κ3) is 7.58. The number of amides is 1. The Bertz CT molecular complexity index is 1540. The number of hydrogen-bond acceptors (Lipinski definition) is 9. The van der Waals surface area contributed by atoms with Crippen molar-refractivity contribution >= 4 is 46.4 Å². The van der Waals surface area contributed by atoms with E-state index in [1.165, 1.54) is 31.4 Å². The Morgan fingerprint density at radius 1 is 1.07 bits per heavy atom. The smallest absolute Gasteiger partial charge is 0.306 e. The average molecular weight is 659 g/mol. The van der Waals surface area contributed by atoms with Crippen LogP contribution in [0.25, 0.3) is 11.1 Å². The lowest BCUT2D eigenvalue weighted by Gasteiger charge is -2.36. The molecular formula is C33H40F2N4O6S. The minimum atomic E-state index is -0.746. The summed E-state index contributed by atoms with van der Waals surface area (Å²) in [6, 6.07) is 6.78. The van der Waals surface area contributed by atoms with Crippen LogP contribution in [0, 0.1) is 17.6 Å². The standard InChI is InChI=1S/C33H40F2N4O6S/c1-43-28-9-4-22(34)17-27(28)36-33-37-31-26(35)14-20(15-29(31)45-33)16-30(40)39-23(18-38-10-12-46-13-11-38)5-6-24(39)19-44-25-7-2-21(3-8-25)32(41)42/h4,9,14-15,17,21,23-25H,2-3,5-8,10-13,16,18-19H2,1H3,(H,36,37)(H,41,42)/t21?,23-,24-,25?/m0/s1. The Morgan fingerprint density at radius 3 is 2.57 bits per heavy atom. The van der Waals surface area contributed by atoms with E-state index in [1.54, 1.807) is 6.07 Å². The number of carbonyl (C=O) groups excluding carboxylic acids is 1. The van der Waals surface area contributed by atoms with Gasteiger partial charge in [0.2, 0.25) is 5.91 Å². The third-order valence-corrected chi connectivity index (χ3v) is 10.2. The van der Waals surface area contributed by atoms with Crippen LogP contribution in [0.1, 0.15) is 44.1 Å². The van der Waals surface area contributed by atoms with Crippen LogP contribution in [0.5, 0.6) is 5.75 Å². The summed E-state index contributed by atoms with van der Waals surface area (Å²) >= 11 is 1.94. The highest BCUT2D eigenvalue weighted by atomic mass is 32.2. The first-order valence-electron chi connectivity index (χ1n) is 15.9. The average Bonchev–Trinajstić information content (AvgIpc) is 3.64. The lowest BCUT2D eigenvalue weighted by atomic mass is 9.87. The number of rotatable bonds is 11. The second kappa shape index (κ2) is 14.6. The van der Waals surface area contributed by atoms with Crippen molar-refractivity contribution in [3.8, 4) is 5.75 Å². The van der Waals surface area contributed by atoms with Crippen molar-refractivity contribution in [3.63, 3.8) is 0 Å². The van der Waals surface area contributed by atoms with Gasteiger partial charge in [-0.15, -0.1) is 0 Å². The zero-order valence-corrected chi connectivity index (χ0v) is 26.7. The topological polar surface area (TPSA) is 117 Å². The molecule has 2 aromatic carbocycles. The number of carbonyl (C=O) groups is 2. The van der Waals surface area contributed by atoms with Crippen LogP contribution >= 0.6 is 11.8 Å². The number of carboxylic acid groups (broad SMARTS) is 1. The molecule has 2 saturated heterocycles. The van der Waals surface area contributed by atoms with Crippen molar-refractivity contribution in [1.82, 2.24) is 14.8 Å². The molecule has 1 aliphatic carbocycles. The van der Waals surface area contributed by atoms with Crippen LogP contribution in [-0.2, 0) is 20.7 Å². The zero-order valence-electron chi connectivity index (χ0n) is 25.9. The number of thioether (sulfide) groups is 1. The van der Waals surface area contributed by atoms with Crippen LogP contribution in [0.4, 0.5) is 20.5 Å². The molecular weight excluding hydrogens is 618 g/mol. The van der Waals surface area contributed by atoms with Gasteiger partial charge in [0.15, 0.2) is 11.4 Å². The maximum Gasteiger partial charge on any atom is 0.306 e. The number of aliphatic carboxylic acids is 1. The number of benzene rings is 2. The van der Waals surface area contributed by atoms with Crippen molar-refractivity contribution in [3.05, 3.63) is 47.5 Å². The van der Waals surface area contributed by atoms with E-state index >= 15 is 4.39 Å². The van der Waals surface area contributed by atoms with E-state index in [1.807, 2.05) is 16.7 Å². The number of halogens is 2. The second-order valence-corrected chi connectivity index (χ2v) is 13.6. The van der Waals surface area contributed by atoms with E-state index in [9.17, 15) is 19.1 Å². The number of nitrogens with zero attached hydrogens (tertiary/aromatic N) is 3. The lowest BCUT2D eigenvalue weighted by molar-refractivity contribution is -0.144. The van der Waals surface area contributed by atoms with Gasteiger partial charge in [0.05, 0.1) is 43.9 Å². The maximum atomic E-state index is 15.3. The number of hydrogen-bond donors (Lipinski definition) is 2. The van der Waals surface area contributed by atoms with E-state index in [2.05, 4.69) is 15.2 Å². The summed E-state index contributed by atoms with van der Waals surface area (Å²) in [5.41, 5.74) is 0.912. The number of oxazole rings is 1. The molecule has 1 amide bonds. The van der Waals surface area contributed by atoms with E-state index in [4.69, 9.17) is 13.9 Å². The predicted molar refractivity (Wildman–Crippen MR) is 171 cm³/mol. The number of aromatic nitrogens is 1. The normalized spacial score (nSPS) is 23.9. The molecule has 2 N–H and O–H groups in total. The fourth-order valence-corrected chi connectivity index (χ4v) is 7.85. The SMILES string of the molecule is COc1ccc(F)cc1Nc1nc2c(F)cc(CC(=O)N3[C@H](COC4CCC(C(=O)O)CC4)CC[C@H]3CN3CCSCC3)cc2o1. The van der Waals surface area contributed by atoms with Gasteiger partial charge in [-0.2, -0.15) is 16.7 Å². The van der Waals surface area contributed by atoms with E-state index in [-0.39, 0.29) is 59.2 Å². The number of methoxy groups -OCH3 is 1. The number of fused-ring (bicyclic) bond motifs is 1. The molecule has 2 aliphatic heterocycles. The molecule has 3 aliphatic rings. The second-order valence-electron chi connectivity index (χ2n) is 12.3. The quantitative estimate of drug-likeness (QED) is 0.275. The van der Waals surface area contributed by atoms with Gasteiger partial charge >= 0.3 is 5.97 Å². The molecule has 3 aromatic rings. The van der Waals surface area contributed by atoms with Gasteiger partial charge < -0.3 is 29.2 Å². The van der Waals surface area contributed by atoms with Gasteiger partial charge in [-0.1, -0.05) is 0 Å². The molecule has 0 spiro atoms. The molecule has 0 radical (unpaired) electrons. The van der Waals surface area contributed by atoms with Gasteiger partial charge in [0.1, 0.15) is 17.1 Å². The van der Waals surface area contributed by atoms with Gasteiger partial charge in [-0.25, -0.2) is 8.78 Å². The summed E-state index contributed by atoms with van der Waals surface area (Å²) in [6.45, 7) is 3.17. The van der Waals surface area contributed by atoms with Crippen molar-refractivity contribution in [2.75, 3.05) is 50.2 Å². The van der Waals surface area contributed by atoms with Gasteiger partial charge in [0.25, 0.3) is 6.01 Å². The highest BCUT2D eigenvalue weighted by Gasteiger charge is 2.39. The molecule has 0 bridgehead atoms. The minimum Gasteiger partial charge on any atom is -0.495 e. The highest BCUT2D eigenvalue weighted by molar-refractivity contribution is 7.99. The van der Waals surface area contributed by atoms with Crippen molar-refractivity contribution in [1.29, 1.82) is 0 Å². The highest BCUT2D eigenvalue weighted by Crippen LogP contribution is 2.33. The summed E-state index contributed by atoms with van der Waals surface area (Å²) in [6.07, 6.45) is 4.26. The molecule has 6 rings (SSSR count). The van der Waals surface area contributed by atoms with Crippen LogP contribution in [0.15, 0.2) is 34.7 Å². The molecule has 1 saturated carbocycles. The van der Waals surface area contributed by atoms with E-state index < -0.39 is 17.6 Å². The summed E-state index contributed by atoms with van der Waals surface area (Å²) in [4.78, 5) is 33.9. The van der Waals surface area contributed by atoms with Crippen LogP contribution in [-0.4, -0.2) is 94.8 Å².